The van der Waals surface area contributed by atoms with Crippen molar-refractivity contribution < 1.29 is 0 Å². The number of rotatable bonds is 2. The van der Waals surface area contributed by atoms with Crippen molar-refractivity contribution >= 4 is 65.4 Å². The monoisotopic (exact) mass is 362 g/mol. The van der Waals surface area contributed by atoms with Gasteiger partial charge in [-0.15, -0.1) is 11.3 Å². The van der Waals surface area contributed by atoms with Gasteiger partial charge in [0.1, 0.15) is 4.83 Å². The van der Waals surface area contributed by atoms with Gasteiger partial charge < -0.3 is 5.32 Å². The Hall–Kier alpha value is -2.57. The van der Waals surface area contributed by atoms with Gasteiger partial charge in [0.2, 0.25) is 0 Å². The highest BCUT2D eigenvalue weighted by Crippen LogP contribution is 2.33. The number of anilines is 2. The Kier molecular flexibility index (Phi) is 3.23. The maximum absolute atomic E-state index is 4.54. The lowest BCUT2D eigenvalue weighted by atomic mass is 10.1. The summed E-state index contributed by atoms with van der Waals surface area (Å²) < 4.78 is 5.66. The first kappa shape index (κ1) is 14.7. The van der Waals surface area contributed by atoms with E-state index in [-0.39, 0.29) is 0 Å². The third kappa shape index (κ3) is 2.45. The zero-order chi connectivity index (χ0) is 17.0. The molecule has 0 unspecified atom stereocenters. The number of hydrogen-bond donors (Lipinski definition) is 1. The molecule has 0 aliphatic carbocycles. The number of nitrogens with one attached hydrogen (secondary N) is 1. The smallest absolute Gasteiger partial charge is 0.143 e. The van der Waals surface area contributed by atoms with E-state index in [1.165, 1.54) is 26.5 Å². The highest BCUT2D eigenvalue weighted by atomic mass is 32.1. The molecule has 4 nitrogen and oxygen atoms in total. The van der Waals surface area contributed by atoms with E-state index in [1.54, 1.807) is 0 Å². The van der Waals surface area contributed by atoms with Crippen molar-refractivity contribution in [3.05, 3.63) is 53.3 Å². The third-order valence-corrected chi connectivity index (χ3v) is 6.17. The van der Waals surface area contributed by atoms with Crippen molar-refractivity contribution in [1.82, 2.24) is 14.3 Å². The van der Waals surface area contributed by atoms with Crippen LogP contribution in [0.5, 0.6) is 0 Å². The van der Waals surface area contributed by atoms with Gasteiger partial charge in [-0.25, -0.2) is 4.98 Å². The molecule has 0 saturated heterocycles. The number of pyridine rings is 2. The summed E-state index contributed by atoms with van der Waals surface area (Å²) in [5, 5.41) is 6.98. The van der Waals surface area contributed by atoms with Crippen LogP contribution in [-0.4, -0.2) is 14.3 Å². The predicted molar refractivity (Wildman–Crippen MR) is 107 cm³/mol. The van der Waals surface area contributed by atoms with Gasteiger partial charge in [-0.1, -0.05) is 0 Å². The van der Waals surface area contributed by atoms with E-state index in [1.807, 2.05) is 36.7 Å². The second-order valence-corrected chi connectivity index (χ2v) is 8.13. The minimum atomic E-state index is 0.964. The van der Waals surface area contributed by atoms with E-state index in [0.717, 1.165) is 38.2 Å². The normalized spacial score (nSPS) is 11.6. The molecule has 5 rings (SSSR count). The summed E-state index contributed by atoms with van der Waals surface area (Å²) in [6.07, 6.45) is 3.71. The molecule has 0 radical (unpaired) electrons. The number of aromatic nitrogens is 3. The van der Waals surface area contributed by atoms with Crippen molar-refractivity contribution in [2.24, 2.45) is 0 Å². The Morgan fingerprint density at radius 2 is 1.92 bits per heavy atom. The number of thiophene rings is 1. The minimum absolute atomic E-state index is 0.964. The van der Waals surface area contributed by atoms with Crippen LogP contribution in [0, 0.1) is 13.8 Å². The van der Waals surface area contributed by atoms with Crippen molar-refractivity contribution in [1.29, 1.82) is 0 Å². The summed E-state index contributed by atoms with van der Waals surface area (Å²) >= 11 is 3.25. The van der Waals surface area contributed by atoms with Gasteiger partial charge in [-0.05, 0) is 61.1 Å². The van der Waals surface area contributed by atoms with Gasteiger partial charge in [0, 0.05) is 32.2 Å². The van der Waals surface area contributed by atoms with Crippen LogP contribution in [-0.2, 0) is 0 Å². The first-order valence-corrected chi connectivity index (χ1v) is 9.54. The molecule has 0 aliphatic rings. The second kappa shape index (κ2) is 5.47. The average Bonchev–Trinajstić information content (AvgIpc) is 3.15. The first-order valence-electron chi connectivity index (χ1n) is 7.95. The zero-order valence-electron chi connectivity index (χ0n) is 13.7. The molecule has 0 saturated carbocycles. The maximum atomic E-state index is 4.54. The summed E-state index contributed by atoms with van der Waals surface area (Å²) in [6.45, 7) is 4.15. The number of aryl methyl sites for hydroxylation is 2. The third-order valence-electron chi connectivity index (χ3n) is 4.29. The Morgan fingerprint density at radius 3 is 2.84 bits per heavy atom. The molecule has 4 heterocycles. The Bertz CT molecular complexity index is 1250. The SMILES string of the molecule is Cc1cc2cc3nccc(Nc4cnc5snc(C)c5c4)c3cc2s1. The zero-order valence-corrected chi connectivity index (χ0v) is 15.3. The number of nitrogens with zero attached hydrogens (tertiary/aromatic N) is 3. The van der Waals surface area contributed by atoms with E-state index < -0.39 is 0 Å². The van der Waals surface area contributed by atoms with Gasteiger partial charge in [-0.3, -0.25) is 4.98 Å². The summed E-state index contributed by atoms with van der Waals surface area (Å²) in [5.41, 5.74) is 4.02. The van der Waals surface area contributed by atoms with Gasteiger partial charge in [0.15, 0.2) is 0 Å². The van der Waals surface area contributed by atoms with Gasteiger partial charge >= 0.3 is 0 Å². The molecule has 4 aromatic heterocycles. The van der Waals surface area contributed by atoms with E-state index >= 15 is 0 Å². The van der Waals surface area contributed by atoms with Crippen LogP contribution in [0.25, 0.3) is 31.2 Å². The van der Waals surface area contributed by atoms with Crippen molar-refractivity contribution in [3.63, 3.8) is 0 Å². The highest BCUT2D eigenvalue weighted by Gasteiger charge is 2.09. The lowest BCUT2D eigenvalue weighted by Crippen LogP contribution is -1.93. The van der Waals surface area contributed by atoms with Crippen LogP contribution in [0.2, 0.25) is 0 Å². The molecule has 1 N–H and O–H groups in total. The van der Waals surface area contributed by atoms with E-state index in [4.69, 9.17) is 0 Å². The minimum Gasteiger partial charge on any atom is -0.354 e. The topological polar surface area (TPSA) is 50.7 Å². The number of fused-ring (bicyclic) bond motifs is 3. The fourth-order valence-electron chi connectivity index (χ4n) is 3.09. The molecule has 0 bridgehead atoms. The lowest BCUT2D eigenvalue weighted by molar-refractivity contribution is 1.36. The fourth-order valence-corrected chi connectivity index (χ4v) is 4.76. The summed E-state index contributed by atoms with van der Waals surface area (Å²) in [5.74, 6) is 0. The molecular formula is C19H14N4S2. The molecule has 0 aliphatic heterocycles. The average molecular weight is 362 g/mol. The standard InChI is InChI=1S/C19H14N4S2/c1-10-5-12-6-17-15(8-18(12)24-10)16(3-4-20-17)22-13-7-14-11(2)23-25-19(14)21-9-13/h3-9H,1-2H3,(H,20,22). The maximum Gasteiger partial charge on any atom is 0.143 e. The van der Waals surface area contributed by atoms with Gasteiger partial charge in [0.25, 0.3) is 0 Å². The Balaban J connectivity index is 1.65. The van der Waals surface area contributed by atoms with E-state index in [2.05, 4.69) is 50.8 Å². The Labute approximate surface area is 152 Å². The fraction of sp³-hybridized carbons (Fsp3) is 0.105. The van der Waals surface area contributed by atoms with Crippen LogP contribution >= 0.6 is 22.9 Å². The molecule has 122 valence electrons. The molecule has 0 atom stereocenters. The number of hydrogen-bond acceptors (Lipinski definition) is 6. The molecule has 0 fully saturated rings. The quantitative estimate of drug-likeness (QED) is 0.430. The predicted octanol–water partition coefficient (Wildman–Crippen LogP) is 5.81. The van der Waals surface area contributed by atoms with E-state index in [9.17, 15) is 0 Å². The molecular weight excluding hydrogens is 348 g/mol. The largest absolute Gasteiger partial charge is 0.354 e. The summed E-state index contributed by atoms with van der Waals surface area (Å²) in [7, 11) is 0. The Morgan fingerprint density at radius 1 is 1.00 bits per heavy atom. The number of benzene rings is 1. The molecule has 6 heteroatoms. The molecule has 0 amide bonds. The summed E-state index contributed by atoms with van der Waals surface area (Å²) in [4.78, 5) is 11.3. The van der Waals surface area contributed by atoms with Crippen LogP contribution in [0.15, 0.2) is 42.7 Å². The molecule has 0 spiro atoms. The lowest BCUT2D eigenvalue weighted by Gasteiger charge is -2.09. The van der Waals surface area contributed by atoms with Crippen LogP contribution in [0.3, 0.4) is 0 Å². The van der Waals surface area contributed by atoms with Crippen molar-refractivity contribution in [3.8, 4) is 0 Å². The van der Waals surface area contributed by atoms with E-state index in [0.29, 0.717) is 0 Å². The molecule has 5 aromatic rings. The van der Waals surface area contributed by atoms with Crippen molar-refractivity contribution in [2.75, 3.05) is 5.32 Å². The van der Waals surface area contributed by atoms with Crippen molar-refractivity contribution in [2.45, 2.75) is 13.8 Å². The van der Waals surface area contributed by atoms with Crippen LogP contribution < -0.4 is 5.32 Å². The molecule has 1 aromatic carbocycles. The van der Waals surface area contributed by atoms with Gasteiger partial charge in [0.05, 0.1) is 23.1 Å². The first-order chi connectivity index (χ1) is 12.2. The van der Waals surface area contributed by atoms with Crippen LogP contribution in [0.1, 0.15) is 10.6 Å². The highest BCUT2D eigenvalue weighted by molar-refractivity contribution is 7.19. The van der Waals surface area contributed by atoms with Crippen LogP contribution in [0.4, 0.5) is 11.4 Å². The summed E-state index contributed by atoms with van der Waals surface area (Å²) in [6, 6.07) is 10.7. The second-order valence-electron chi connectivity index (χ2n) is 6.09. The molecule has 25 heavy (non-hydrogen) atoms. The van der Waals surface area contributed by atoms with Gasteiger partial charge in [-0.2, -0.15) is 4.37 Å².